The minimum absolute atomic E-state index is 0.132. The van der Waals surface area contributed by atoms with Gasteiger partial charge < -0.3 is 0 Å². The average Bonchev–Trinajstić information content (AvgIpc) is 2.44. The van der Waals surface area contributed by atoms with Crippen LogP contribution < -0.4 is 0 Å². The molecular weight excluding hydrogens is 340 g/mol. The number of carbonyl (C=O) groups excluding carboxylic acids is 1. The van der Waals surface area contributed by atoms with E-state index in [1.54, 1.807) is 0 Å². The highest BCUT2D eigenvalue weighted by molar-refractivity contribution is 7.89. The highest BCUT2D eigenvalue weighted by Crippen LogP contribution is 2.33. The monoisotopic (exact) mass is 353 g/mol. The molecule has 0 heterocycles. The lowest BCUT2D eigenvalue weighted by atomic mass is 9.95. The molecule has 2 rings (SSSR count). The first-order chi connectivity index (χ1) is 9.75. The zero-order chi connectivity index (χ0) is 15.8. The molecular formula is C13H14Cl2FNO3S. The van der Waals surface area contributed by atoms with Gasteiger partial charge in [-0.2, -0.15) is 4.31 Å². The normalized spacial score (nSPS) is 17.5. The van der Waals surface area contributed by atoms with Crippen LogP contribution in [-0.4, -0.2) is 31.6 Å². The van der Waals surface area contributed by atoms with Crippen molar-refractivity contribution in [2.45, 2.75) is 36.6 Å². The van der Waals surface area contributed by atoms with Gasteiger partial charge in [0.15, 0.2) is 5.82 Å². The molecule has 0 atom stereocenters. The maximum atomic E-state index is 13.7. The quantitative estimate of drug-likeness (QED) is 0.783. The van der Waals surface area contributed by atoms with E-state index in [1.165, 1.54) is 13.1 Å². The second-order valence-corrected chi connectivity index (χ2v) is 7.72. The molecule has 0 spiro atoms. The first-order valence-corrected chi connectivity index (χ1v) is 8.58. The van der Waals surface area contributed by atoms with Gasteiger partial charge in [-0.05, 0) is 25.0 Å². The van der Waals surface area contributed by atoms with Crippen LogP contribution in [0.3, 0.4) is 0 Å². The van der Waals surface area contributed by atoms with E-state index in [1.807, 2.05) is 0 Å². The summed E-state index contributed by atoms with van der Waals surface area (Å²) in [6, 6.07) is 2.06. The third-order valence-electron chi connectivity index (χ3n) is 3.68. The van der Waals surface area contributed by atoms with Gasteiger partial charge in [-0.25, -0.2) is 12.8 Å². The summed E-state index contributed by atoms with van der Waals surface area (Å²) in [4.78, 5) is 10.9. The Morgan fingerprint density at radius 3 is 2.38 bits per heavy atom. The zero-order valence-corrected chi connectivity index (χ0v) is 13.6. The van der Waals surface area contributed by atoms with Crippen molar-refractivity contribution in [1.82, 2.24) is 4.31 Å². The zero-order valence-electron chi connectivity index (χ0n) is 11.3. The van der Waals surface area contributed by atoms with Crippen LogP contribution in [-0.2, 0) is 14.8 Å². The van der Waals surface area contributed by atoms with Gasteiger partial charge in [-0.3, -0.25) is 4.79 Å². The molecule has 0 aliphatic heterocycles. The van der Waals surface area contributed by atoms with Gasteiger partial charge >= 0.3 is 0 Å². The third-order valence-corrected chi connectivity index (χ3v) is 6.41. The number of hydrogen-bond acceptors (Lipinski definition) is 3. The summed E-state index contributed by atoms with van der Waals surface area (Å²) in [5.41, 5.74) is 0. The highest BCUT2D eigenvalue weighted by atomic mass is 35.5. The standard InChI is InChI=1S/C13H14Cl2FNO3S/c1-17(8-2-4-9(18)5-3-8)21(19,20)11-7-6-10(14)13(16)12(11)15/h6-8H,2-5H2,1H3. The minimum Gasteiger partial charge on any atom is -0.300 e. The molecule has 116 valence electrons. The summed E-state index contributed by atoms with van der Waals surface area (Å²) < 4.78 is 39.9. The molecule has 21 heavy (non-hydrogen) atoms. The van der Waals surface area contributed by atoms with Crippen LogP contribution in [0.15, 0.2) is 17.0 Å². The van der Waals surface area contributed by atoms with Gasteiger partial charge in [-0.1, -0.05) is 23.2 Å². The average molecular weight is 354 g/mol. The van der Waals surface area contributed by atoms with E-state index in [4.69, 9.17) is 23.2 Å². The van der Waals surface area contributed by atoms with Gasteiger partial charge in [0.1, 0.15) is 10.7 Å². The first kappa shape index (κ1) is 16.7. The van der Waals surface area contributed by atoms with Crippen molar-refractivity contribution < 1.29 is 17.6 Å². The van der Waals surface area contributed by atoms with Crippen molar-refractivity contribution in [1.29, 1.82) is 0 Å². The lowest BCUT2D eigenvalue weighted by molar-refractivity contribution is -0.120. The number of rotatable bonds is 3. The summed E-state index contributed by atoms with van der Waals surface area (Å²) in [6.45, 7) is 0. The number of carbonyl (C=O) groups is 1. The molecule has 1 aliphatic carbocycles. The van der Waals surface area contributed by atoms with Gasteiger partial charge in [0, 0.05) is 25.9 Å². The van der Waals surface area contributed by atoms with Crippen molar-refractivity contribution in [3.05, 3.63) is 28.0 Å². The van der Waals surface area contributed by atoms with Crippen molar-refractivity contribution in [3.8, 4) is 0 Å². The summed E-state index contributed by atoms with van der Waals surface area (Å²) >= 11 is 11.3. The van der Waals surface area contributed by atoms with Gasteiger partial charge in [0.25, 0.3) is 0 Å². The number of benzene rings is 1. The van der Waals surface area contributed by atoms with E-state index in [9.17, 15) is 17.6 Å². The Balaban J connectivity index is 2.34. The molecule has 0 saturated heterocycles. The predicted molar refractivity (Wildman–Crippen MR) is 78.6 cm³/mol. The number of Topliss-reactive ketones (excluding diaryl/α,β-unsaturated/α-hetero) is 1. The number of ketones is 1. The smallest absolute Gasteiger partial charge is 0.244 e. The SMILES string of the molecule is CN(C1CCC(=O)CC1)S(=O)(=O)c1ccc(Cl)c(F)c1Cl. The van der Waals surface area contributed by atoms with Gasteiger partial charge in [0.05, 0.1) is 10.0 Å². The van der Waals surface area contributed by atoms with Crippen LogP contribution in [0, 0.1) is 5.82 Å². The maximum absolute atomic E-state index is 13.7. The molecule has 4 nitrogen and oxygen atoms in total. The van der Waals surface area contributed by atoms with Gasteiger partial charge in [-0.15, -0.1) is 0 Å². The molecule has 0 radical (unpaired) electrons. The number of halogens is 3. The Labute approximate surface area is 132 Å². The van der Waals surface area contributed by atoms with Crippen LogP contribution >= 0.6 is 23.2 Å². The highest BCUT2D eigenvalue weighted by Gasteiger charge is 2.33. The van der Waals surface area contributed by atoms with E-state index in [0.717, 1.165) is 10.4 Å². The van der Waals surface area contributed by atoms with E-state index < -0.39 is 20.9 Å². The summed E-state index contributed by atoms with van der Waals surface area (Å²) in [7, 11) is -2.52. The Morgan fingerprint density at radius 1 is 1.24 bits per heavy atom. The maximum Gasteiger partial charge on any atom is 0.244 e. The third kappa shape index (κ3) is 3.23. The fourth-order valence-corrected chi connectivity index (χ4v) is 4.48. The summed E-state index contributed by atoms with van der Waals surface area (Å²) in [5.74, 6) is -0.820. The van der Waals surface area contributed by atoms with Crippen LogP contribution in [0.4, 0.5) is 4.39 Å². The van der Waals surface area contributed by atoms with Crippen molar-refractivity contribution in [3.63, 3.8) is 0 Å². The van der Waals surface area contributed by atoms with Crippen LogP contribution in [0.25, 0.3) is 0 Å². The molecule has 0 unspecified atom stereocenters. The molecule has 1 aromatic carbocycles. The number of sulfonamides is 1. The fraction of sp³-hybridized carbons (Fsp3) is 0.462. The molecule has 1 saturated carbocycles. The molecule has 0 bridgehead atoms. The summed E-state index contributed by atoms with van der Waals surface area (Å²) in [5, 5.41) is -0.744. The number of nitrogens with zero attached hydrogens (tertiary/aromatic N) is 1. The Kier molecular flexibility index (Phi) is 4.92. The predicted octanol–water partition coefficient (Wildman–Crippen LogP) is 3.26. The van der Waals surface area contributed by atoms with Crippen molar-refractivity contribution >= 4 is 39.0 Å². The van der Waals surface area contributed by atoms with E-state index in [2.05, 4.69) is 0 Å². The second kappa shape index (κ2) is 6.20. The molecule has 0 aromatic heterocycles. The fourth-order valence-electron chi connectivity index (χ4n) is 2.35. The number of hydrogen-bond donors (Lipinski definition) is 0. The van der Waals surface area contributed by atoms with Crippen LogP contribution in [0.1, 0.15) is 25.7 Å². The molecule has 0 amide bonds. The molecule has 1 aliphatic rings. The molecule has 0 N–H and O–H groups in total. The van der Waals surface area contributed by atoms with E-state index >= 15 is 0 Å². The van der Waals surface area contributed by atoms with Crippen LogP contribution in [0.2, 0.25) is 10.0 Å². The van der Waals surface area contributed by atoms with E-state index in [-0.39, 0.29) is 21.7 Å². The topological polar surface area (TPSA) is 54.5 Å². The Hall–Kier alpha value is -0.690. The van der Waals surface area contributed by atoms with Gasteiger partial charge in [0.2, 0.25) is 10.0 Å². The minimum atomic E-state index is -3.93. The van der Waals surface area contributed by atoms with Crippen molar-refractivity contribution in [2.75, 3.05) is 7.05 Å². The largest absolute Gasteiger partial charge is 0.300 e. The van der Waals surface area contributed by atoms with Crippen LogP contribution in [0.5, 0.6) is 0 Å². The first-order valence-electron chi connectivity index (χ1n) is 6.38. The van der Waals surface area contributed by atoms with E-state index in [0.29, 0.717) is 25.7 Å². The lowest BCUT2D eigenvalue weighted by Gasteiger charge is -2.30. The summed E-state index contributed by atoms with van der Waals surface area (Å²) in [6.07, 6.45) is 1.63. The van der Waals surface area contributed by atoms with Crippen molar-refractivity contribution in [2.24, 2.45) is 0 Å². The Bertz CT molecular complexity index is 668. The molecule has 1 aromatic rings. The molecule has 1 fully saturated rings. The second-order valence-electron chi connectivity index (χ2n) is 4.96. The molecule has 8 heteroatoms. The lowest BCUT2D eigenvalue weighted by Crippen LogP contribution is -2.39. The Morgan fingerprint density at radius 2 is 1.81 bits per heavy atom.